The van der Waals surface area contributed by atoms with Crippen LogP contribution in [-0.4, -0.2) is 19.1 Å². The highest BCUT2D eigenvalue weighted by Crippen LogP contribution is 2.32. The fraction of sp³-hybridized carbons (Fsp3) is 0.462. The van der Waals surface area contributed by atoms with Crippen molar-refractivity contribution in [2.24, 2.45) is 5.92 Å². The van der Waals surface area contributed by atoms with Gasteiger partial charge in [0.15, 0.2) is 0 Å². The van der Waals surface area contributed by atoms with Crippen LogP contribution in [0.1, 0.15) is 30.1 Å². The van der Waals surface area contributed by atoms with Crippen LogP contribution in [0.3, 0.4) is 0 Å². The molecule has 0 heterocycles. The number of carbonyl (C=O) groups is 1. The smallest absolute Gasteiger partial charge is 0.251 e. The molecule has 2 rings (SSSR count). The number of rotatable bonds is 4. The van der Waals surface area contributed by atoms with Crippen LogP contribution in [0.25, 0.3) is 0 Å². The van der Waals surface area contributed by atoms with E-state index in [0.717, 1.165) is 10.2 Å². The van der Waals surface area contributed by atoms with Gasteiger partial charge in [-0.1, -0.05) is 0 Å². The molecule has 1 atom stereocenters. The molecule has 1 aliphatic carbocycles. The number of benzene rings is 1. The third-order valence-electron chi connectivity index (χ3n) is 3.10. The summed E-state index contributed by atoms with van der Waals surface area (Å²) >= 11 is 3.38. The predicted molar refractivity (Wildman–Crippen MR) is 70.3 cm³/mol. The van der Waals surface area contributed by atoms with Gasteiger partial charge in [-0.25, -0.2) is 0 Å². The second kappa shape index (κ2) is 5.08. The molecule has 1 saturated carbocycles. The van der Waals surface area contributed by atoms with Gasteiger partial charge >= 0.3 is 0 Å². The van der Waals surface area contributed by atoms with Crippen LogP contribution in [0.5, 0.6) is 5.75 Å². The molecule has 0 radical (unpaired) electrons. The van der Waals surface area contributed by atoms with Gasteiger partial charge in [-0.3, -0.25) is 4.79 Å². The van der Waals surface area contributed by atoms with E-state index in [1.807, 2.05) is 0 Å². The van der Waals surface area contributed by atoms with Crippen molar-refractivity contribution in [1.82, 2.24) is 5.32 Å². The average molecular weight is 298 g/mol. The van der Waals surface area contributed by atoms with Gasteiger partial charge in [-0.2, -0.15) is 0 Å². The van der Waals surface area contributed by atoms with Crippen LogP contribution in [0, 0.1) is 5.92 Å². The van der Waals surface area contributed by atoms with Crippen LogP contribution < -0.4 is 10.1 Å². The predicted octanol–water partition coefficient (Wildman–Crippen LogP) is 2.99. The third-order valence-corrected chi connectivity index (χ3v) is 3.72. The van der Waals surface area contributed by atoms with Crippen molar-refractivity contribution < 1.29 is 9.53 Å². The average Bonchev–Trinajstić information content (AvgIpc) is 3.12. The van der Waals surface area contributed by atoms with Crippen LogP contribution in [0.2, 0.25) is 0 Å². The number of nitrogens with one attached hydrogen (secondary N) is 1. The molecule has 1 aliphatic rings. The lowest BCUT2D eigenvalue weighted by Crippen LogP contribution is -2.33. The highest BCUT2D eigenvalue weighted by molar-refractivity contribution is 9.10. The van der Waals surface area contributed by atoms with E-state index in [-0.39, 0.29) is 11.9 Å². The van der Waals surface area contributed by atoms with E-state index >= 15 is 0 Å². The summed E-state index contributed by atoms with van der Waals surface area (Å²) in [5, 5.41) is 3.02. The molecule has 1 N–H and O–H groups in total. The summed E-state index contributed by atoms with van der Waals surface area (Å²) in [4.78, 5) is 12.0. The van der Waals surface area contributed by atoms with Crippen molar-refractivity contribution in [3.8, 4) is 5.75 Å². The number of hydrogen-bond donors (Lipinski definition) is 1. The Kier molecular flexibility index (Phi) is 3.72. The largest absolute Gasteiger partial charge is 0.496 e. The molecular weight excluding hydrogens is 282 g/mol. The first-order valence-electron chi connectivity index (χ1n) is 5.76. The minimum absolute atomic E-state index is 0.0206. The Hall–Kier alpha value is -1.03. The maximum atomic E-state index is 12.0. The Morgan fingerprint density at radius 1 is 1.53 bits per heavy atom. The molecule has 1 unspecified atom stereocenters. The molecule has 1 aromatic carbocycles. The van der Waals surface area contributed by atoms with Gasteiger partial charge in [-0.15, -0.1) is 0 Å². The molecule has 0 saturated heterocycles. The molecular formula is C13H16BrNO2. The lowest BCUT2D eigenvalue weighted by molar-refractivity contribution is 0.0936. The molecule has 1 fully saturated rings. The highest BCUT2D eigenvalue weighted by Gasteiger charge is 2.29. The lowest BCUT2D eigenvalue weighted by Gasteiger charge is -2.13. The van der Waals surface area contributed by atoms with Gasteiger partial charge in [0.25, 0.3) is 5.91 Å². The number of amides is 1. The quantitative estimate of drug-likeness (QED) is 0.928. The fourth-order valence-electron chi connectivity index (χ4n) is 1.81. The summed E-state index contributed by atoms with van der Waals surface area (Å²) in [5.74, 6) is 1.38. The van der Waals surface area contributed by atoms with Crippen LogP contribution in [0.15, 0.2) is 22.7 Å². The van der Waals surface area contributed by atoms with Crippen molar-refractivity contribution in [2.75, 3.05) is 7.11 Å². The topological polar surface area (TPSA) is 38.3 Å². The van der Waals surface area contributed by atoms with E-state index < -0.39 is 0 Å². The normalized spacial score (nSPS) is 16.4. The highest BCUT2D eigenvalue weighted by atomic mass is 79.9. The zero-order valence-corrected chi connectivity index (χ0v) is 11.6. The summed E-state index contributed by atoms with van der Waals surface area (Å²) in [6.07, 6.45) is 2.46. The maximum Gasteiger partial charge on any atom is 0.251 e. The Morgan fingerprint density at radius 3 is 2.76 bits per heavy atom. The molecule has 0 spiro atoms. The van der Waals surface area contributed by atoms with E-state index in [1.54, 1.807) is 25.3 Å². The minimum atomic E-state index is -0.0206. The van der Waals surface area contributed by atoms with Gasteiger partial charge in [-0.05, 0) is 59.8 Å². The van der Waals surface area contributed by atoms with E-state index in [2.05, 4.69) is 28.2 Å². The van der Waals surface area contributed by atoms with E-state index in [1.165, 1.54) is 12.8 Å². The van der Waals surface area contributed by atoms with Gasteiger partial charge in [0.05, 0.1) is 11.6 Å². The monoisotopic (exact) mass is 297 g/mol. The Balaban J connectivity index is 2.05. The molecule has 0 aliphatic heterocycles. The first-order chi connectivity index (χ1) is 8.11. The zero-order chi connectivity index (χ0) is 12.4. The Morgan fingerprint density at radius 2 is 2.24 bits per heavy atom. The second-order valence-corrected chi connectivity index (χ2v) is 5.30. The molecule has 1 aromatic rings. The fourth-order valence-corrected chi connectivity index (χ4v) is 2.35. The first-order valence-corrected chi connectivity index (χ1v) is 6.55. The Labute approximate surface area is 110 Å². The summed E-state index contributed by atoms with van der Waals surface area (Å²) in [6, 6.07) is 5.62. The zero-order valence-electron chi connectivity index (χ0n) is 10.00. The third kappa shape index (κ3) is 3.00. The van der Waals surface area contributed by atoms with Crippen LogP contribution in [-0.2, 0) is 0 Å². The SMILES string of the molecule is COc1ccc(C(=O)NC(C)C2CC2)cc1Br. The van der Waals surface area contributed by atoms with E-state index in [4.69, 9.17) is 4.74 Å². The summed E-state index contributed by atoms with van der Waals surface area (Å²) in [5.41, 5.74) is 0.658. The van der Waals surface area contributed by atoms with Crippen molar-refractivity contribution in [1.29, 1.82) is 0 Å². The van der Waals surface area contributed by atoms with Gasteiger partial charge in [0.1, 0.15) is 5.75 Å². The number of halogens is 1. The van der Waals surface area contributed by atoms with Crippen LogP contribution in [0.4, 0.5) is 0 Å². The Bertz CT molecular complexity index is 429. The maximum absolute atomic E-state index is 12.0. The summed E-state index contributed by atoms with van der Waals surface area (Å²) in [6.45, 7) is 2.06. The van der Waals surface area contributed by atoms with Crippen molar-refractivity contribution in [2.45, 2.75) is 25.8 Å². The standard InChI is InChI=1S/C13H16BrNO2/c1-8(9-3-4-9)15-13(16)10-5-6-12(17-2)11(14)7-10/h5-9H,3-4H2,1-2H3,(H,15,16). The van der Waals surface area contributed by atoms with Gasteiger partial charge in [0.2, 0.25) is 0 Å². The molecule has 0 aromatic heterocycles. The first kappa shape index (κ1) is 12.4. The number of methoxy groups -OCH3 is 1. The van der Waals surface area contributed by atoms with E-state index in [0.29, 0.717) is 11.5 Å². The molecule has 1 amide bonds. The van der Waals surface area contributed by atoms with Crippen molar-refractivity contribution in [3.05, 3.63) is 28.2 Å². The van der Waals surface area contributed by atoms with Gasteiger partial charge in [0, 0.05) is 11.6 Å². The van der Waals surface area contributed by atoms with E-state index in [9.17, 15) is 4.79 Å². The number of hydrogen-bond acceptors (Lipinski definition) is 2. The van der Waals surface area contributed by atoms with Gasteiger partial charge < -0.3 is 10.1 Å². The molecule has 0 bridgehead atoms. The molecule has 4 heteroatoms. The molecule has 17 heavy (non-hydrogen) atoms. The van der Waals surface area contributed by atoms with Crippen molar-refractivity contribution in [3.63, 3.8) is 0 Å². The molecule has 92 valence electrons. The number of carbonyl (C=O) groups excluding carboxylic acids is 1. The van der Waals surface area contributed by atoms with Crippen LogP contribution >= 0.6 is 15.9 Å². The summed E-state index contributed by atoms with van der Waals surface area (Å²) in [7, 11) is 1.61. The second-order valence-electron chi connectivity index (χ2n) is 4.45. The lowest BCUT2D eigenvalue weighted by atomic mass is 10.1. The summed E-state index contributed by atoms with van der Waals surface area (Å²) < 4.78 is 5.93. The molecule has 3 nitrogen and oxygen atoms in total. The van der Waals surface area contributed by atoms with Crippen molar-refractivity contribution >= 4 is 21.8 Å². The number of ether oxygens (including phenoxy) is 1. The minimum Gasteiger partial charge on any atom is -0.496 e.